The Kier molecular flexibility index (Phi) is 11.2. The summed E-state index contributed by atoms with van der Waals surface area (Å²) < 4.78 is 39.6. The van der Waals surface area contributed by atoms with E-state index in [-0.39, 0.29) is 29.0 Å². The van der Waals surface area contributed by atoms with Crippen LogP contribution in [0.5, 0.6) is 11.5 Å². The van der Waals surface area contributed by atoms with Crippen LogP contribution in [0.1, 0.15) is 26.3 Å². The number of hydrogen-bond acceptors (Lipinski definition) is 6. The second kappa shape index (κ2) is 14.5. The Balaban J connectivity index is 1.98. The van der Waals surface area contributed by atoms with Crippen molar-refractivity contribution in [2.45, 2.75) is 38.1 Å². The maximum absolute atomic E-state index is 14.0. The van der Waals surface area contributed by atoms with Crippen molar-refractivity contribution in [3.63, 3.8) is 0 Å². The number of para-hydroxylation sites is 1. The minimum absolute atomic E-state index is 0.0645. The number of sulfonamides is 1. The van der Waals surface area contributed by atoms with Crippen molar-refractivity contribution < 1.29 is 27.5 Å². The number of rotatable bonds is 14. The van der Waals surface area contributed by atoms with Crippen LogP contribution in [0.3, 0.4) is 0 Å². The zero-order valence-electron chi connectivity index (χ0n) is 24.2. The standard InChI is InChI=1S/C31H39N3O6S/c1-23(2)21-32-31(36)24(3)33(19-18-25-12-8-6-9-13-25)30(35)22-34(26-14-10-7-11-15-26)41(37,38)27-16-17-28(39-4)29(20-27)40-5/h6-17,20,23-24H,18-19,21-22H2,1-5H3,(H,32,36). The Hall–Kier alpha value is -4.05. The van der Waals surface area contributed by atoms with Gasteiger partial charge < -0.3 is 19.7 Å². The summed E-state index contributed by atoms with van der Waals surface area (Å²) in [6.45, 7) is 5.83. The zero-order valence-corrected chi connectivity index (χ0v) is 25.1. The first-order valence-electron chi connectivity index (χ1n) is 13.5. The topological polar surface area (TPSA) is 105 Å². The van der Waals surface area contributed by atoms with Crippen LogP contribution in [-0.2, 0) is 26.0 Å². The third kappa shape index (κ3) is 8.23. The molecule has 0 saturated heterocycles. The molecule has 3 rings (SSSR count). The average Bonchev–Trinajstić information content (AvgIpc) is 2.98. The number of hydrogen-bond donors (Lipinski definition) is 1. The van der Waals surface area contributed by atoms with Gasteiger partial charge in [0.15, 0.2) is 11.5 Å². The van der Waals surface area contributed by atoms with Gasteiger partial charge in [-0.25, -0.2) is 8.42 Å². The molecule has 0 fully saturated rings. The molecule has 0 aliphatic rings. The van der Waals surface area contributed by atoms with E-state index in [1.165, 1.54) is 37.3 Å². The Labute approximate surface area is 243 Å². The van der Waals surface area contributed by atoms with E-state index in [1.54, 1.807) is 37.3 Å². The lowest BCUT2D eigenvalue weighted by molar-refractivity contribution is -0.138. The summed E-state index contributed by atoms with van der Waals surface area (Å²) >= 11 is 0. The maximum Gasteiger partial charge on any atom is 0.264 e. The second-order valence-electron chi connectivity index (χ2n) is 10.0. The summed E-state index contributed by atoms with van der Waals surface area (Å²) in [6, 6.07) is 21.5. The number of amides is 2. The van der Waals surface area contributed by atoms with E-state index in [1.807, 2.05) is 44.2 Å². The molecule has 41 heavy (non-hydrogen) atoms. The predicted octanol–water partition coefficient (Wildman–Crippen LogP) is 4.13. The van der Waals surface area contributed by atoms with Gasteiger partial charge in [0.1, 0.15) is 12.6 Å². The van der Waals surface area contributed by atoms with Crippen LogP contribution in [-0.4, -0.2) is 65.0 Å². The van der Waals surface area contributed by atoms with Crippen molar-refractivity contribution in [3.05, 3.63) is 84.4 Å². The molecular formula is C31H39N3O6S. The number of carbonyl (C=O) groups is 2. The fourth-order valence-corrected chi connectivity index (χ4v) is 5.68. The molecule has 0 saturated carbocycles. The molecule has 0 aliphatic heterocycles. The molecule has 220 valence electrons. The molecule has 2 amide bonds. The van der Waals surface area contributed by atoms with Crippen LogP contribution in [0.4, 0.5) is 5.69 Å². The molecule has 0 aliphatic carbocycles. The van der Waals surface area contributed by atoms with E-state index in [2.05, 4.69) is 5.32 Å². The molecule has 0 bridgehead atoms. The molecule has 0 heterocycles. The molecule has 3 aromatic rings. The van der Waals surface area contributed by atoms with E-state index in [0.29, 0.717) is 24.4 Å². The van der Waals surface area contributed by atoms with E-state index in [4.69, 9.17) is 9.47 Å². The van der Waals surface area contributed by atoms with E-state index >= 15 is 0 Å². The SMILES string of the molecule is COc1ccc(S(=O)(=O)N(CC(=O)N(CCc2ccccc2)C(C)C(=O)NCC(C)C)c2ccccc2)cc1OC. The molecule has 9 nitrogen and oxygen atoms in total. The van der Waals surface area contributed by atoms with Crippen LogP contribution in [0.15, 0.2) is 83.8 Å². The minimum atomic E-state index is -4.23. The number of ether oxygens (including phenoxy) is 2. The third-order valence-electron chi connectivity index (χ3n) is 6.60. The van der Waals surface area contributed by atoms with E-state index in [0.717, 1.165) is 9.87 Å². The molecule has 0 spiro atoms. The maximum atomic E-state index is 14.0. The van der Waals surface area contributed by atoms with Gasteiger partial charge in [-0.2, -0.15) is 0 Å². The summed E-state index contributed by atoms with van der Waals surface area (Å²) in [5.74, 6) is 0.0601. The fourth-order valence-electron chi connectivity index (χ4n) is 4.25. The number of carbonyl (C=O) groups excluding carboxylic acids is 2. The summed E-state index contributed by atoms with van der Waals surface area (Å²) in [5, 5.41) is 2.89. The number of benzene rings is 3. The van der Waals surface area contributed by atoms with Gasteiger partial charge in [0, 0.05) is 19.2 Å². The van der Waals surface area contributed by atoms with Crippen molar-refractivity contribution >= 4 is 27.5 Å². The molecule has 3 aromatic carbocycles. The van der Waals surface area contributed by atoms with Crippen LogP contribution in [0, 0.1) is 5.92 Å². The van der Waals surface area contributed by atoms with Gasteiger partial charge in [0.05, 0.1) is 24.8 Å². The monoisotopic (exact) mass is 581 g/mol. The Bertz CT molecular complexity index is 1400. The van der Waals surface area contributed by atoms with Gasteiger partial charge in [0.2, 0.25) is 11.8 Å². The van der Waals surface area contributed by atoms with Gasteiger partial charge in [-0.3, -0.25) is 13.9 Å². The molecule has 1 unspecified atom stereocenters. The molecule has 0 aromatic heterocycles. The highest BCUT2D eigenvalue weighted by Crippen LogP contribution is 2.32. The summed E-state index contributed by atoms with van der Waals surface area (Å²) in [4.78, 5) is 28.4. The Morgan fingerprint density at radius 3 is 2.05 bits per heavy atom. The lowest BCUT2D eigenvalue weighted by Gasteiger charge is -2.32. The first kappa shape index (κ1) is 31.5. The summed E-state index contributed by atoms with van der Waals surface area (Å²) in [6.07, 6.45) is 0.502. The quantitative estimate of drug-likeness (QED) is 0.307. The summed E-state index contributed by atoms with van der Waals surface area (Å²) in [5.41, 5.74) is 1.31. The largest absolute Gasteiger partial charge is 0.493 e. The zero-order chi connectivity index (χ0) is 30.0. The van der Waals surface area contributed by atoms with E-state index < -0.39 is 28.5 Å². The van der Waals surface area contributed by atoms with E-state index in [9.17, 15) is 18.0 Å². The lowest BCUT2D eigenvalue weighted by Crippen LogP contribution is -2.52. The summed E-state index contributed by atoms with van der Waals surface area (Å²) in [7, 11) is -1.34. The van der Waals surface area contributed by atoms with Crippen molar-refractivity contribution in [2.75, 3.05) is 38.2 Å². The molecular weight excluding hydrogens is 542 g/mol. The van der Waals surface area contributed by atoms with Crippen LogP contribution >= 0.6 is 0 Å². The fraction of sp³-hybridized carbons (Fsp3) is 0.355. The van der Waals surface area contributed by atoms with Crippen molar-refractivity contribution in [3.8, 4) is 11.5 Å². The lowest BCUT2D eigenvalue weighted by atomic mass is 10.1. The number of methoxy groups -OCH3 is 2. The first-order chi connectivity index (χ1) is 19.6. The van der Waals surface area contributed by atoms with Gasteiger partial charge in [0.25, 0.3) is 10.0 Å². The van der Waals surface area contributed by atoms with Gasteiger partial charge >= 0.3 is 0 Å². The van der Waals surface area contributed by atoms with Crippen molar-refractivity contribution in [1.82, 2.24) is 10.2 Å². The van der Waals surface area contributed by atoms with Crippen LogP contribution in [0.2, 0.25) is 0 Å². The smallest absolute Gasteiger partial charge is 0.264 e. The van der Waals surface area contributed by atoms with Crippen molar-refractivity contribution in [2.24, 2.45) is 5.92 Å². The van der Waals surface area contributed by atoms with Crippen LogP contribution < -0.4 is 19.1 Å². The molecule has 1 N–H and O–H groups in total. The van der Waals surface area contributed by atoms with Gasteiger partial charge in [-0.05, 0) is 49.1 Å². The average molecular weight is 582 g/mol. The minimum Gasteiger partial charge on any atom is -0.493 e. The van der Waals surface area contributed by atoms with Gasteiger partial charge in [-0.15, -0.1) is 0 Å². The normalized spacial score (nSPS) is 12.0. The van der Waals surface area contributed by atoms with Crippen molar-refractivity contribution in [1.29, 1.82) is 0 Å². The number of anilines is 1. The predicted molar refractivity (Wildman–Crippen MR) is 160 cm³/mol. The highest BCUT2D eigenvalue weighted by molar-refractivity contribution is 7.92. The van der Waals surface area contributed by atoms with Crippen LogP contribution in [0.25, 0.3) is 0 Å². The number of nitrogens with zero attached hydrogens (tertiary/aromatic N) is 2. The highest BCUT2D eigenvalue weighted by atomic mass is 32.2. The third-order valence-corrected chi connectivity index (χ3v) is 8.37. The van der Waals surface area contributed by atoms with Gasteiger partial charge in [-0.1, -0.05) is 62.4 Å². The Morgan fingerprint density at radius 2 is 1.46 bits per heavy atom. The molecule has 10 heteroatoms. The first-order valence-corrected chi connectivity index (χ1v) is 14.9. The second-order valence-corrected chi connectivity index (χ2v) is 11.9. The number of nitrogens with one attached hydrogen (secondary N) is 1. The highest BCUT2D eigenvalue weighted by Gasteiger charge is 2.32. The molecule has 1 atom stereocenters. The Morgan fingerprint density at radius 1 is 0.854 bits per heavy atom. The molecule has 0 radical (unpaired) electrons.